The molecule has 0 saturated heterocycles. The standard InChI is InChI=1S/C18H8Cl3F3N6O2/c1-2-32-17(31)13-12(16-27-10(5-25)11(6-26)28-16)15(21)30(29-13)14-8(19)3-7(4-9(14)20)18(22,23)24/h3-4H,2H2,1H3,(H,27,28). The smallest absolute Gasteiger partial charge is 0.416 e. The van der Waals surface area contributed by atoms with Crippen molar-refractivity contribution in [3.05, 3.63) is 50.0 Å². The maximum absolute atomic E-state index is 13.1. The number of ether oxygens (including phenoxy) is 1. The number of alkyl halides is 3. The van der Waals surface area contributed by atoms with Gasteiger partial charge in [0.1, 0.15) is 28.8 Å². The van der Waals surface area contributed by atoms with Gasteiger partial charge in [0, 0.05) is 0 Å². The predicted molar refractivity (Wildman–Crippen MR) is 107 cm³/mol. The second-order valence-electron chi connectivity index (χ2n) is 5.97. The van der Waals surface area contributed by atoms with Gasteiger partial charge in [-0.3, -0.25) is 0 Å². The summed E-state index contributed by atoms with van der Waals surface area (Å²) in [5.41, 5.74) is -2.38. The number of aromatic nitrogens is 4. The number of hydrogen-bond donors (Lipinski definition) is 1. The van der Waals surface area contributed by atoms with Gasteiger partial charge in [-0.15, -0.1) is 0 Å². The Morgan fingerprint density at radius 1 is 1.22 bits per heavy atom. The van der Waals surface area contributed by atoms with Crippen LogP contribution < -0.4 is 0 Å². The number of H-pyrrole nitrogens is 1. The molecule has 0 atom stereocenters. The number of hydrogen-bond acceptors (Lipinski definition) is 6. The molecule has 0 saturated carbocycles. The van der Waals surface area contributed by atoms with Crippen LogP contribution in [0.3, 0.4) is 0 Å². The van der Waals surface area contributed by atoms with Gasteiger partial charge in [-0.05, 0) is 19.1 Å². The number of nitrogens with zero attached hydrogens (tertiary/aromatic N) is 5. The van der Waals surface area contributed by atoms with Crippen LogP contribution in [0.25, 0.3) is 17.1 Å². The Hall–Kier alpha value is -3.25. The van der Waals surface area contributed by atoms with E-state index in [2.05, 4.69) is 15.1 Å². The number of imidazole rings is 1. The van der Waals surface area contributed by atoms with Gasteiger partial charge in [-0.25, -0.2) is 14.5 Å². The van der Waals surface area contributed by atoms with E-state index in [9.17, 15) is 18.0 Å². The van der Waals surface area contributed by atoms with E-state index < -0.39 is 33.4 Å². The van der Waals surface area contributed by atoms with Crippen LogP contribution in [0.2, 0.25) is 15.2 Å². The van der Waals surface area contributed by atoms with Gasteiger partial charge >= 0.3 is 12.1 Å². The molecular formula is C18H8Cl3F3N6O2. The Kier molecular flexibility index (Phi) is 6.37. The van der Waals surface area contributed by atoms with E-state index in [-0.39, 0.29) is 40.2 Å². The van der Waals surface area contributed by atoms with Crippen molar-refractivity contribution < 1.29 is 22.7 Å². The second-order valence-corrected chi connectivity index (χ2v) is 7.14. The number of nitriles is 2. The fourth-order valence-electron chi connectivity index (χ4n) is 2.68. The summed E-state index contributed by atoms with van der Waals surface area (Å²) >= 11 is 18.5. The molecular weight excluding hydrogens is 496 g/mol. The normalized spacial score (nSPS) is 11.2. The van der Waals surface area contributed by atoms with Crippen LogP contribution in [-0.4, -0.2) is 32.3 Å². The van der Waals surface area contributed by atoms with E-state index in [1.54, 1.807) is 12.1 Å². The molecule has 14 heteroatoms. The van der Waals surface area contributed by atoms with Crippen molar-refractivity contribution in [1.82, 2.24) is 19.7 Å². The Balaban J connectivity index is 2.30. The Morgan fingerprint density at radius 3 is 2.31 bits per heavy atom. The summed E-state index contributed by atoms with van der Waals surface area (Å²) in [5.74, 6) is -1.12. The summed E-state index contributed by atoms with van der Waals surface area (Å²) in [7, 11) is 0. The van der Waals surface area contributed by atoms with Crippen molar-refractivity contribution in [1.29, 1.82) is 10.5 Å². The van der Waals surface area contributed by atoms with E-state index in [0.717, 1.165) is 4.68 Å². The number of aromatic amines is 1. The average Bonchev–Trinajstić information content (AvgIpc) is 3.27. The molecule has 164 valence electrons. The summed E-state index contributed by atoms with van der Waals surface area (Å²) in [6, 6.07) is 4.69. The number of nitrogens with one attached hydrogen (secondary N) is 1. The van der Waals surface area contributed by atoms with Crippen LogP contribution in [0.5, 0.6) is 0 Å². The molecule has 0 aliphatic rings. The number of halogens is 6. The van der Waals surface area contributed by atoms with Crippen molar-refractivity contribution in [2.24, 2.45) is 0 Å². The minimum atomic E-state index is -4.71. The lowest BCUT2D eigenvalue weighted by atomic mass is 10.2. The monoisotopic (exact) mass is 502 g/mol. The molecule has 2 aromatic heterocycles. The molecule has 0 fully saturated rings. The molecule has 0 aliphatic heterocycles. The van der Waals surface area contributed by atoms with Gasteiger partial charge in [0.15, 0.2) is 17.1 Å². The lowest BCUT2D eigenvalue weighted by Gasteiger charge is -2.13. The van der Waals surface area contributed by atoms with E-state index in [1.807, 2.05) is 0 Å². The number of rotatable bonds is 4. The molecule has 2 heterocycles. The first kappa shape index (κ1) is 23.4. The molecule has 8 nitrogen and oxygen atoms in total. The maximum atomic E-state index is 13.1. The molecule has 0 amide bonds. The molecule has 0 bridgehead atoms. The lowest BCUT2D eigenvalue weighted by Crippen LogP contribution is -2.09. The summed E-state index contributed by atoms with van der Waals surface area (Å²) in [5, 5.41) is 21.1. The molecule has 3 rings (SSSR count). The summed E-state index contributed by atoms with van der Waals surface area (Å²) in [6.07, 6.45) is -4.71. The zero-order chi connectivity index (χ0) is 23.8. The van der Waals surface area contributed by atoms with E-state index in [0.29, 0.717) is 12.1 Å². The molecule has 3 aromatic rings. The largest absolute Gasteiger partial charge is 0.461 e. The fraction of sp³-hybridized carbons (Fsp3) is 0.167. The fourth-order valence-corrected chi connectivity index (χ4v) is 3.63. The molecule has 32 heavy (non-hydrogen) atoms. The number of carbonyl (C=O) groups excluding carboxylic acids is 1. The molecule has 0 aliphatic carbocycles. The van der Waals surface area contributed by atoms with Crippen molar-refractivity contribution in [2.45, 2.75) is 13.1 Å². The topological polar surface area (TPSA) is 120 Å². The SMILES string of the molecule is CCOC(=O)c1nn(-c2c(Cl)cc(C(F)(F)F)cc2Cl)c(Cl)c1-c1nc(C#N)c(C#N)[nH]1. The van der Waals surface area contributed by atoms with Gasteiger partial charge < -0.3 is 9.72 Å². The number of esters is 1. The summed E-state index contributed by atoms with van der Waals surface area (Å²) in [6.45, 7) is 1.50. The van der Waals surface area contributed by atoms with Crippen LogP contribution in [-0.2, 0) is 10.9 Å². The molecule has 0 spiro atoms. The predicted octanol–water partition coefficient (Wildman–Crippen LogP) is 5.16. The van der Waals surface area contributed by atoms with Gasteiger partial charge in [0.25, 0.3) is 0 Å². The Morgan fingerprint density at radius 2 is 1.84 bits per heavy atom. The van der Waals surface area contributed by atoms with Crippen molar-refractivity contribution in [3.63, 3.8) is 0 Å². The van der Waals surface area contributed by atoms with Gasteiger partial charge in [0.2, 0.25) is 0 Å². The molecule has 0 radical (unpaired) electrons. The summed E-state index contributed by atoms with van der Waals surface area (Å²) in [4.78, 5) is 19.0. The van der Waals surface area contributed by atoms with Crippen molar-refractivity contribution >= 4 is 40.8 Å². The number of benzene rings is 1. The van der Waals surface area contributed by atoms with Crippen LogP contribution in [0, 0.1) is 22.7 Å². The lowest BCUT2D eigenvalue weighted by molar-refractivity contribution is -0.137. The quantitative estimate of drug-likeness (QED) is 0.491. The van der Waals surface area contributed by atoms with Gasteiger partial charge in [-0.2, -0.15) is 28.8 Å². The highest BCUT2D eigenvalue weighted by atomic mass is 35.5. The first-order valence-corrected chi connectivity index (χ1v) is 9.59. The van der Waals surface area contributed by atoms with Gasteiger partial charge in [-0.1, -0.05) is 34.8 Å². The molecule has 1 N–H and O–H groups in total. The van der Waals surface area contributed by atoms with Crippen molar-refractivity contribution in [3.8, 4) is 29.2 Å². The molecule has 0 unspecified atom stereocenters. The van der Waals surface area contributed by atoms with Crippen LogP contribution in [0.1, 0.15) is 34.4 Å². The molecule has 1 aromatic carbocycles. The zero-order valence-electron chi connectivity index (χ0n) is 15.7. The highest BCUT2D eigenvalue weighted by Gasteiger charge is 2.34. The second kappa shape index (κ2) is 8.71. The third-order valence-electron chi connectivity index (χ3n) is 4.01. The van der Waals surface area contributed by atoms with Crippen LogP contribution in [0.4, 0.5) is 13.2 Å². The Labute approximate surface area is 192 Å². The van der Waals surface area contributed by atoms with E-state index in [1.165, 1.54) is 6.92 Å². The average molecular weight is 504 g/mol. The summed E-state index contributed by atoms with van der Waals surface area (Å²) < 4.78 is 45.0. The van der Waals surface area contributed by atoms with Crippen LogP contribution in [0.15, 0.2) is 12.1 Å². The van der Waals surface area contributed by atoms with E-state index in [4.69, 9.17) is 50.1 Å². The Bertz CT molecular complexity index is 1260. The van der Waals surface area contributed by atoms with Crippen molar-refractivity contribution in [2.75, 3.05) is 6.61 Å². The zero-order valence-corrected chi connectivity index (χ0v) is 17.9. The third-order valence-corrected chi connectivity index (χ3v) is 4.94. The first-order chi connectivity index (χ1) is 15.0. The van der Waals surface area contributed by atoms with Gasteiger partial charge in [0.05, 0.1) is 27.8 Å². The van der Waals surface area contributed by atoms with Crippen LogP contribution >= 0.6 is 34.8 Å². The maximum Gasteiger partial charge on any atom is 0.416 e. The minimum absolute atomic E-state index is 0.0322. The third kappa shape index (κ3) is 4.10. The minimum Gasteiger partial charge on any atom is -0.461 e. The number of carbonyl (C=O) groups is 1. The highest BCUT2D eigenvalue weighted by molar-refractivity contribution is 6.38. The van der Waals surface area contributed by atoms with E-state index >= 15 is 0 Å². The highest BCUT2D eigenvalue weighted by Crippen LogP contribution is 2.40. The first-order valence-electron chi connectivity index (χ1n) is 8.46.